The molecule has 2 aromatic heterocycles. The second-order valence-corrected chi connectivity index (χ2v) is 11.0. The Kier molecular flexibility index (Phi) is 6.99. The molecule has 0 bridgehead atoms. The van der Waals surface area contributed by atoms with E-state index >= 15 is 0 Å². The molecule has 10 heteroatoms. The van der Waals surface area contributed by atoms with Crippen molar-refractivity contribution in [3.63, 3.8) is 0 Å². The number of sulfonamides is 1. The van der Waals surface area contributed by atoms with Crippen molar-refractivity contribution in [3.8, 4) is 11.1 Å². The summed E-state index contributed by atoms with van der Waals surface area (Å²) in [5, 5.41) is 3.55. The maximum atomic E-state index is 14.1. The van der Waals surface area contributed by atoms with Gasteiger partial charge in [-0.3, -0.25) is 4.79 Å². The highest BCUT2D eigenvalue weighted by atomic mass is 35.5. The number of hydrogen-bond acceptors (Lipinski definition) is 5. The van der Waals surface area contributed by atoms with E-state index in [1.807, 2.05) is 0 Å². The van der Waals surface area contributed by atoms with Crippen LogP contribution in [0.1, 0.15) is 23.5 Å². The quantitative estimate of drug-likeness (QED) is 0.374. The number of anilines is 1. The predicted molar refractivity (Wildman–Crippen MR) is 134 cm³/mol. The van der Waals surface area contributed by atoms with Crippen molar-refractivity contribution in [1.29, 1.82) is 0 Å². The molecule has 176 valence electrons. The smallest absolute Gasteiger partial charge is 0.321 e. The van der Waals surface area contributed by atoms with E-state index in [9.17, 15) is 17.6 Å². The summed E-state index contributed by atoms with van der Waals surface area (Å²) in [6, 6.07) is 14.3. The van der Waals surface area contributed by atoms with Gasteiger partial charge in [0.25, 0.3) is 5.91 Å². The summed E-state index contributed by atoms with van der Waals surface area (Å²) in [5.41, 5.74) is 1.36. The van der Waals surface area contributed by atoms with E-state index in [-0.39, 0.29) is 15.7 Å². The lowest BCUT2D eigenvalue weighted by Crippen LogP contribution is -3.13. The Labute approximate surface area is 206 Å². The van der Waals surface area contributed by atoms with Crippen LogP contribution >= 0.6 is 22.9 Å². The number of amides is 1. The SMILES string of the molecule is CC[NH+](CC)S(=O)(=O)c1cc(NC(=O)c2cc3cc(-c4ccccc4F)cnc3s2)ccc1Cl. The zero-order valence-electron chi connectivity index (χ0n) is 18.4. The van der Waals surface area contributed by atoms with Crippen LogP contribution in [0.4, 0.5) is 10.1 Å². The van der Waals surface area contributed by atoms with Gasteiger partial charge in [-0.05, 0) is 50.2 Å². The lowest BCUT2D eigenvalue weighted by atomic mass is 10.1. The molecule has 1 amide bonds. The molecule has 0 atom stereocenters. The van der Waals surface area contributed by atoms with Gasteiger partial charge in [-0.15, -0.1) is 11.3 Å². The minimum absolute atomic E-state index is 0.0294. The third-order valence-corrected chi connectivity index (χ3v) is 9.18. The molecule has 4 rings (SSSR count). The van der Waals surface area contributed by atoms with Gasteiger partial charge in [-0.2, -0.15) is 8.42 Å². The van der Waals surface area contributed by atoms with Gasteiger partial charge in [-0.25, -0.2) is 13.7 Å². The average Bonchev–Trinajstić information content (AvgIpc) is 3.25. The van der Waals surface area contributed by atoms with Gasteiger partial charge in [0.05, 0.1) is 23.0 Å². The summed E-state index contributed by atoms with van der Waals surface area (Å²) >= 11 is 7.38. The van der Waals surface area contributed by atoms with Crippen LogP contribution in [0, 0.1) is 5.82 Å². The molecular formula is C24H22ClFN3O3S2+. The largest absolute Gasteiger partial charge is 0.327 e. The first-order chi connectivity index (χ1) is 16.2. The molecule has 0 aliphatic rings. The Bertz CT molecular complexity index is 1480. The van der Waals surface area contributed by atoms with Crippen LogP contribution in [0.25, 0.3) is 21.3 Å². The van der Waals surface area contributed by atoms with E-state index < -0.39 is 15.9 Å². The second-order valence-electron chi connectivity index (χ2n) is 7.56. The van der Waals surface area contributed by atoms with Crippen LogP contribution in [0.5, 0.6) is 0 Å². The Hall–Kier alpha value is -2.85. The van der Waals surface area contributed by atoms with Crippen molar-refractivity contribution in [2.75, 3.05) is 18.4 Å². The van der Waals surface area contributed by atoms with Crippen LogP contribution in [-0.4, -0.2) is 32.4 Å². The van der Waals surface area contributed by atoms with Gasteiger partial charge in [0.15, 0.2) is 0 Å². The first-order valence-electron chi connectivity index (χ1n) is 10.6. The normalized spacial score (nSPS) is 11.8. The summed E-state index contributed by atoms with van der Waals surface area (Å²) in [5.74, 6) is -0.756. The topological polar surface area (TPSA) is 80.6 Å². The first-order valence-corrected chi connectivity index (χ1v) is 13.3. The molecule has 6 nitrogen and oxygen atoms in total. The number of carbonyl (C=O) groups is 1. The van der Waals surface area contributed by atoms with Crippen molar-refractivity contribution < 1.29 is 21.9 Å². The van der Waals surface area contributed by atoms with Gasteiger partial charge in [0.2, 0.25) is 0 Å². The molecule has 0 unspecified atom stereocenters. The minimum Gasteiger partial charge on any atom is -0.321 e. The van der Waals surface area contributed by atoms with Gasteiger partial charge >= 0.3 is 10.0 Å². The molecule has 2 aromatic carbocycles. The first kappa shape index (κ1) is 24.3. The van der Waals surface area contributed by atoms with E-state index in [1.54, 1.807) is 56.4 Å². The molecule has 2 N–H and O–H groups in total. The number of aromatic nitrogens is 1. The standard InChI is InChI=1S/C24H21ClFN3O3S2/c1-3-29(4-2)34(31,32)22-13-17(9-10-19(22)25)28-23(30)21-12-15-11-16(14-27-24(15)33-21)18-7-5-6-8-20(18)26/h5-14H,3-4H2,1-2H3,(H,28,30)/p+1. The maximum Gasteiger partial charge on any atom is 0.327 e. The third-order valence-electron chi connectivity index (χ3n) is 5.43. The molecule has 2 heterocycles. The average molecular weight is 519 g/mol. The molecule has 0 radical (unpaired) electrons. The van der Waals surface area contributed by atoms with Crippen molar-refractivity contribution in [1.82, 2.24) is 4.98 Å². The van der Waals surface area contributed by atoms with Crippen LogP contribution < -0.4 is 9.62 Å². The number of hydrogen-bond donors (Lipinski definition) is 2. The third kappa shape index (κ3) is 4.69. The number of nitrogens with one attached hydrogen (secondary N) is 2. The van der Waals surface area contributed by atoms with E-state index in [0.29, 0.717) is 49.3 Å². The molecular weight excluding hydrogens is 497 g/mol. The van der Waals surface area contributed by atoms with Crippen molar-refractivity contribution in [2.24, 2.45) is 0 Å². The van der Waals surface area contributed by atoms with Gasteiger partial charge in [0, 0.05) is 28.4 Å². The molecule has 0 aliphatic heterocycles. The number of carbonyl (C=O) groups excluding carboxylic acids is 1. The number of rotatable bonds is 7. The number of halogens is 2. The molecule has 0 aliphatic carbocycles. The molecule has 4 aromatic rings. The highest BCUT2D eigenvalue weighted by molar-refractivity contribution is 7.85. The highest BCUT2D eigenvalue weighted by Gasteiger charge is 2.28. The summed E-state index contributed by atoms with van der Waals surface area (Å²) in [7, 11) is -3.71. The van der Waals surface area contributed by atoms with Crippen molar-refractivity contribution >= 4 is 54.8 Å². The monoisotopic (exact) mass is 518 g/mol. The fourth-order valence-electron chi connectivity index (χ4n) is 3.65. The number of nitrogens with zero attached hydrogens (tertiary/aromatic N) is 1. The fourth-order valence-corrected chi connectivity index (χ4v) is 6.63. The van der Waals surface area contributed by atoms with E-state index in [2.05, 4.69) is 10.3 Å². The highest BCUT2D eigenvalue weighted by Crippen LogP contribution is 2.30. The van der Waals surface area contributed by atoms with E-state index in [0.717, 1.165) is 0 Å². The Morgan fingerprint density at radius 3 is 2.56 bits per heavy atom. The lowest BCUT2D eigenvalue weighted by Gasteiger charge is -2.16. The fraction of sp³-hybridized carbons (Fsp3) is 0.167. The molecule has 0 saturated heterocycles. The second kappa shape index (κ2) is 9.79. The summed E-state index contributed by atoms with van der Waals surface area (Å²) in [4.78, 5) is 18.3. The summed E-state index contributed by atoms with van der Waals surface area (Å²) < 4.78 is 40.4. The van der Waals surface area contributed by atoms with Crippen LogP contribution in [0.15, 0.2) is 65.7 Å². The van der Waals surface area contributed by atoms with Gasteiger partial charge in [-0.1, -0.05) is 29.8 Å². The van der Waals surface area contributed by atoms with Crippen molar-refractivity contribution in [3.05, 3.63) is 76.5 Å². The predicted octanol–water partition coefficient (Wildman–Crippen LogP) is 4.62. The van der Waals surface area contributed by atoms with E-state index in [1.165, 1.54) is 29.5 Å². The summed E-state index contributed by atoms with van der Waals surface area (Å²) in [6.45, 7) is 4.33. The molecule has 0 saturated carbocycles. The maximum absolute atomic E-state index is 14.1. The minimum atomic E-state index is -3.71. The Balaban J connectivity index is 1.62. The number of benzene rings is 2. The molecule has 0 spiro atoms. The van der Waals surface area contributed by atoms with Crippen LogP contribution in [-0.2, 0) is 10.0 Å². The Morgan fingerprint density at radius 2 is 1.85 bits per heavy atom. The molecule has 0 fully saturated rings. The van der Waals surface area contributed by atoms with Crippen LogP contribution in [0.3, 0.4) is 0 Å². The summed E-state index contributed by atoms with van der Waals surface area (Å²) in [6.07, 6.45) is 1.57. The van der Waals surface area contributed by atoms with Crippen molar-refractivity contribution in [2.45, 2.75) is 18.7 Å². The van der Waals surface area contributed by atoms with Crippen LogP contribution in [0.2, 0.25) is 5.02 Å². The van der Waals surface area contributed by atoms with Gasteiger partial charge in [0.1, 0.15) is 15.5 Å². The zero-order valence-corrected chi connectivity index (χ0v) is 20.8. The number of thiophene rings is 1. The van der Waals surface area contributed by atoms with Gasteiger partial charge < -0.3 is 5.32 Å². The number of pyridine rings is 1. The number of quaternary nitrogens is 1. The van der Waals surface area contributed by atoms with E-state index in [4.69, 9.17) is 11.6 Å². The lowest BCUT2D eigenvalue weighted by molar-refractivity contribution is -0.762. The zero-order chi connectivity index (χ0) is 24.5. The Morgan fingerprint density at radius 1 is 1.12 bits per heavy atom. The molecule has 34 heavy (non-hydrogen) atoms. The number of fused-ring (bicyclic) bond motifs is 1.